The van der Waals surface area contributed by atoms with Crippen molar-refractivity contribution in [3.05, 3.63) is 71.1 Å². The van der Waals surface area contributed by atoms with E-state index in [1.807, 2.05) is 31.2 Å². The lowest BCUT2D eigenvalue weighted by atomic mass is 10.0. The van der Waals surface area contributed by atoms with Gasteiger partial charge in [-0.3, -0.25) is 0 Å². The van der Waals surface area contributed by atoms with Crippen LogP contribution in [0.1, 0.15) is 5.82 Å². The summed E-state index contributed by atoms with van der Waals surface area (Å²) in [6.07, 6.45) is 0. The highest BCUT2D eigenvalue weighted by Crippen LogP contribution is 2.24. The van der Waals surface area contributed by atoms with Gasteiger partial charge in [-0.25, -0.2) is 9.97 Å². The van der Waals surface area contributed by atoms with Crippen LogP contribution in [-0.4, -0.2) is 9.97 Å². The van der Waals surface area contributed by atoms with Crippen molar-refractivity contribution in [2.24, 2.45) is 0 Å². The average Bonchev–Trinajstić information content (AvgIpc) is 2.47. The fraction of sp³-hybridized carbons (Fsp3) is 0.0588. The van der Waals surface area contributed by atoms with Gasteiger partial charge in [0, 0.05) is 5.56 Å². The van der Waals surface area contributed by atoms with Gasteiger partial charge >= 0.3 is 0 Å². The lowest BCUT2D eigenvalue weighted by Gasteiger charge is -2.05. The van der Waals surface area contributed by atoms with Gasteiger partial charge < -0.3 is 0 Å². The zero-order valence-corrected chi connectivity index (χ0v) is 12.6. The molecule has 3 aromatic rings. The molecule has 0 unspecified atom stereocenters. The molecule has 1 aromatic heterocycles. The standard InChI is InChI=1S/C17H13BrN2/c1-12-19-16(11-17(18)20-12)15-9-7-14(8-10-15)13-5-3-2-4-6-13/h2-11H,1H3. The van der Waals surface area contributed by atoms with Crippen molar-refractivity contribution in [1.82, 2.24) is 9.97 Å². The van der Waals surface area contributed by atoms with Crippen molar-refractivity contribution < 1.29 is 0 Å². The van der Waals surface area contributed by atoms with E-state index in [2.05, 4.69) is 62.3 Å². The van der Waals surface area contributed by atoms with Gasteiger partial charge in [-0.2, -0.15) is 0 Å². The Morgan fingerprint density at radius 1 is 0.750 bits per heavy atom. The number of aryl methyl sites for hydroxylation is 1. The monoisotopic (exact) mass is 324 g/mol. The van der Waals surface area contributed by atoms with E-state index in [1.165, 1.54) is 11.1 Å². The fourth-order valence-corrected chi connectivity index (χ4v) is 2.62. The number of aromatic nitrogens is 2. The van der Waals surface area contributed by atoms with Gasteiger partial charge in [0.2, 0.25) is 0 Å². The fourth-order valence-electron chi connectivity index (χ4n) is 2.14. The van der Waals surface area contributed by atoms with E-state index in [0.717, 1.165) is 21.7 Å². The first kappa shape index (κ1) is 13.0. The lowest BCUT2D eigenvalue weighted by molar-refractivity contribution is 1.04. The Labute approximate surface area is 126 Å². The van der Waals surface area contributed by atoms with Crippen LogP contribution in [0.5, 0.6) is 0 Å². The number of nitrogens with zero attached hydrogens (tertiary/aromatic N) is 2. The van der Waals surface area contributed by atoms with Crippen molar-refractivity contribution >= 4 is 15.9 Å². The number of hydrogen-bond acceptors (Lipinski definition) is 2. The molecular formula is C17H13BrN2. The molecule has 3 heteroatoms. The third-order valence-corrected chi connectivity index (χ3v) is 3.50. The zero-order valence-electron chi connectivity index (χ0n) is 11.0. The van der Waals surface area contributed by atoms with Crippen LogP contribution in [0.15, 0.2) is 65.3 Å². The third kappa shape index (κ3) is 2.78. The molecule has 2 nitrogen and oxygen atoms in total. The maximum Gasteiger partial charge on any atom is 0.127 e. The molecule has 0 aliphatic heterocycles. The van der Waals surface area contributed by atoms with Gasteiger partial charge in [-0.05, 0) is 40.0 Å². The van der Waals surface area contributed by atoms with Crippen molar-refractivity contribution in [1.29, 1.82) is 0 Å². The van der Waals surface area contributed by atoms with Crippen LogP contribution >= 0.6 is 15.9 Å². The van der Waals surface area contributed by atoms with Crippen molar-refractivity contribution in [3.63, 3.8) is 0 Å². The number of halogens is 1. The molecule has 0 spiro atoms. The molecule has 0 aliphatic rings. The van der Waals surface area contributed by atoms with Gasteiger partial charge in [0.15, 0.2) is 0 Å². The summed E-state index contributed by atoms with van der Waals surface area (Å²) in [6, 6.07) is 20.7. The predicted molar refractivity (Wildman–Crippen MR) is 85.3 cm³/mol. The van der Waals surface area contributed by atoms with E-state index in [9.17, 15) is 0 Å². The zero-order chi connectivity index (χ0) is 13.9. The maximum absolute atomic E-state index is 4.47. The van der Waals surface area contributed by atoms with E-state index in [0.29, 0.717) is 0 Å². The molecule has 20 heavy (non-hydrogen) atoms. The number of hydrogen-bond donors (Lipinski definition) is 0. The maximum atomic E-state index is 4.47. The Balaban J connectivity index is 1.97. The molecule has 0 N–H and O–H groups in total. The van der Waals surface area contributed by atoms with Crippen molar-refractivity contribution in [3.8, 4) is 22.4 Å². The van der Waals surface area contributed by atoms with E-state index in [-0.39, 0.29) is 0 Å². The van der Waals surface area contributed by atoms with Crippen LogP contribution < -0.4 is 0 Å². The topological polar surface area (TPSA) is 25.8 Å². The normalized spacial score (nSPS) is 10.5. The van der Waals surface area contributed by atoms with Gasteiger partial charge in [0.25, 0.3) is 0 Å². The van der Waals surface area contributed by atoms with Crippen LogP contribution in [0.4, 0.5) is 0 Å². The quantitative estimate of drug-likeness (QED) is 0.628. The average molecular weight is 325 g/mol. The molecule has 0 aliphatic carbocycles. The molecule has 0 saturated heterocycles. The lowest BCUT2D eigenvalue weighted by Crippen LogP contribution is -1.91. The van der Waals surface area contributed by atoms with Crippen LogP contribution in [0.3, 0.4) is 0 Å². The largest absolute Gasteiger partial charge is 0.233 e. The first-order valence-electron chi connectivity index (χ1n) is 6.39. The molecule has 0 saturated carbocycles. The van der Waals surface area contributed by atoms with Crippen LogP contribution in [0, 0.1) is 6.92 Å². The Hall–Kier alpha value is -2.00. The predicted octanol–water partition coefficient (Wildman–Crippen LogP) is 4.88. The smallest absolute Gasteiger partial charge is 0.127 e. The summed E-state index contributed by atoms with van der Waals surface area (Å²) in [7, 11) is 0. The summed E-state index contributed by atoms with van der Waals surface area (Å²) in [5.74, 6) is 0.765. The molecule has 0 fully saturated rings. The third-order valence-electron chi connectivity index (χ3n) is 3.09. The second-order valence-electron chi connectivity index (χ2n) is 4.57. The molecule has 1 heterocycles. The first-order chi connectivity index (χ1) is 9.72. The van der Waals surface area contributed by atoms with E-state index < -0.39 is 0 Å². The summed E-state index contributed by atoms with van der Waals surface area (Å²) in [4.78, 5) is 8.70. The Morgan fingerprint density at radius 3 is 2.00 bits per heavy atom. The summed E-state index contributed by atoms with van der Waals surface area (Å²) in [6.45, 7) is 1.90. The van der Waals surface area contributed by atoms with Gasteiger partial charge in [-0.15, -0.1) is 0 Å². The molecule has 0 amide bonds. The minimum absolute atomic E-state index is 0.765. The summed E-state index contributed by atoms with van der Waals surface area (Å²) in [5.41, 5.74) is 4.46. The van der Waals surface area contributed by atoms with Gasteiger partial charge in [0.1, 0.15) is 10.4 Å². The minimum Gasteiger partial charge on any atom is -0.233 e. The summed E-state index contributed by atoms with van der Waals surface area (Å²) >= 11 is 3.41. The Kier molecular flexibility index (Phi) is 3.61. The highest BCUT2D eigenvalue weighted by atomic mass is 79.9. The van der Waals surface area contributed by atoms with Crippen LogP contribution in [-0.2, 0) is 0 Å². The molecule has 0 atom stereocenters. The van der Waals surface area contributed by atoms with E-state index >= 15 is 0 Å². The first-order valence-corrected chi connectivity index (χ1v) is 7.19. The molecule has 3 rings (SSSR count). The van der Waals surface area contributed by atoms with Gasteiger partial charge in [0.05, 0.1) is 5.69 Å². The second kappa shape index (κ2) is 5.55. The highest BCUT2D eigenvalue weighted by molar-refractivity contribution is 9.10. The minimum atomic E-state index is 0.765. The SMILES string of the molecule is Cc1nc(Br)cc(-c2ccc(-c3ccccc3)cc2)n1. The molecule has 0 radical (unpaired) electrons. The molecule has 2 aromatic carbocycles. The number of benzene rings is 2. The highest BCUT2D eigenvalue weighted by Gasteiger charge is 2.04. The van der Waals surface area contributed by atoms with E-state index in [4.69, 9.17) is 0 Å². The van der Waals surface area contributed by atoms with Crippen molar-refractivity contribution in [2.45, 2.75) is 6.92 Å². The van der Waals surface area contributed by atoms with Gasteiger partial charge in [-0.1, -0.05) is 54.6 Å². The summed E-state index contributed by atoms with van der Waals surface area (Å²) < 4.78 is 0.812. The summed E-state index contributed by atoms with van der Waals surface area (Å²) in [5, 5.41) is 0. The van der Waals surface area contributed by atoms with E-state index in [1.54, 1.807) is 0 Å². The Morgan fingerprint density at radius 2 is 1.35 bits per heavy atom. The second-order valence-corrected chi connectivity index (χ2v) is 5.38. The molecular weight excluding hydrogens is 312 g/mol. The molecule has 0 bridgehead atoms. The van der Waals surface area contributed by atoms with Crippen LogP contribution in [0.25, 0.3) is 22.4 Å². The van der Waals surface area contributed by atoms with Crippen molar-refractivity contribution in [2.75, 3.05) is 0 Å². The van der Waals surface area contributed by atoms with Crippen LogP contribution in [0.2, 0.25) is 0 Å². The number of rotatable bonds is 2. The Bertz CT molecular complexity index is 701. The molecule has 98 valence electrons.